The number of hydrogen-bond acceptors (Lipinski definition) is 3. The van der Waals surface area contributed by atoms with E-state index in [1.54, 1.807) is 6.33 Å². The van der Waals surface area contributed by atoms with Crippen molar-refractivity contribution in [1.29, 1.82) is 0 Å². The molecule has 1 aromatic carbocycles. The Morgan fingerprint density at radius 2 is 2.21 bits per heavy atom. The monoisotopic (exact) mass is 396 g/mol. The lowest BCUT2D eigenvalue weighted by atomic mass is 10.1. The Hall–Kier alpha value is -1.96. The molecule has 2 N–H and O–H groups in total. The van der Waals surface area contributed by atoms with Crippen molar-refractivity contribution in [3.63, 3.8) is 0 Å². The van der Waals surface area contributed by atoms with Crippen LogP contribution < -0.4 is 10.6 Å². The second-order valence-electron chi connectivity index (χ2n) is 5.32. The number of rotatable bonds is 7. The van der Waals surface area contributed by atoms with E-state index in [1.807, 2.05) is 30.7 Å². The molecule has 0 saturated carbocycles. The van der Waals surface area contributed by atoms with Crippen molar-refractivity contribution in [2.75, 3.05) is 13.1 Å². The lowest BCUT2D eigenvalue weighted by Gasteiger charge is -2.11. The molecule has 0 bridgehead atoms. The number of benzene rings is 1. The minimum Gasteiger partial charge on any atom is -0.357 e. The van der Waals surface area contributed by atoms with Crippen LogP contribution in [0, 0.1) is 5.82 Å². The number of nitrogens with one attached hydrogen (secondary N) is 2. The Bertz CT molecular complexity index is 685. The summed E-state index contributed by atoms with van der Waals surface area (Å²) in [6.45, 7) is 3.94. The molecule has 0 aliphatic rings. The topological polar surface area (TPSA) is 67.1 Å². The van der Waals surface area contributed by atoms with E-state index < -0.39 is 0 Å². The summed E-state index contributed by atoms with van der Waals surface area (Å²) in [7, 11) is 1.89. The summed E-state index contributed by atoms with van der Waals surface area (Å²) in [5.41, 5.74) is 0.723. The van der Waals surface area contributed by atoms with Gasteiger partial charge in [0, 0.05) is 24.6 Å². The Morgan fingerprint density at radius 1 is 1.38 bits per heavy atom. The van der Waals surface area contributed by atoms with Gasteiger partial charge in [0.2, 0.25) is 0 Å². The molecule has 2 rings (SSSR count). The maximum absolute atomic E-state index is 13.8. The summed E-state index contributed by atoms with van der Waals surface area (Å²) in [6, 6.07) is 5.17. The summed E-state index contributed by atoms with van der Waals surface area (Å²) in [5.74, 6) is 1.34. The van der Waals surface area contributed by atoms with E-state index in [1.165, 1.54) is 6.07 Å². The first-order chi connectivity index (χ1) is 11.6. The highest BCUT2D eigenvalue weighted by Gasteiger charge is 2.04. The molecule has 8 heteroatoms. The van der Waals surface area contributed by atoms with Gasteiger partial charge in [-0.2, -0.15) is 0 Å². The van der Waals surface area contributed by atoms with Crippen molar-refractivity contribution in [2.24, 2.45) is 12.0 Å². The van der Waals surface area contributed by atoms with Gasteiger partial charge in [-0.05, 0) is 37.5 Å². The minimum atomic E-state index is -0.174. The van der Waals surface area contributed by atoms with Gasteiger partial charge in [0.1, 0.15) is 18.7 Å². The van der Waals surface area contributed by atoms with E-state index in [4.69, 9.17) is 0 Å². The van der Waals surface area contributed by atoms with Crippen molar-refractivity contribution in [3.8, 4) is 0 Å². The van der Waals surface area contributed by atoms with Gasteiger partial charge in [0.05, 0.1) is 0 Å². The fraction of sp³-hybridized carbons (Fsp3) is 0.438. The summed E-state index contributed by atoms with van der Waals surface area (Å²) in [5, 5.41) is 14.3. The van der Waals surface area contributed by atoms with Crippen molar-refractivity contribution in [1.82, 2.24) is 25.4 Å². The zero-order valence-corrected chi connectivity index (χ0v) is 15.5. The van der Waals surface area contributed by atoms with Crippen molar-refractivity contribution in [2.45, 2.75) is 26.3 Å². The molecule has 0 radical (unpaired) electrons. The predicted octanol–water partition coefficient (Wildman–Crippen LogP) is 2.40. The van der Waals surface area contributed by atoms with Crippen molar-refractivity contribution in [3.05, 3.63) is 46.2 Å². The maximum atomic E-state index is 13.8. The molecule has 2 aromatic rings. The first kappa shape index (κ1) is 18.4. The molecule has 0 fully saturated rings. The summed E-state index contributed by atoms with van der Waals surface area (Å²) >= 11 is 3.27. The third-order valence-corrected chi connectivity index (χ3v) is 3.95. The lowest BCUT2D eigenvalue weighted by molar-refractivity contribution is 0.601. The number of halogens is 2. The zero-order chi connectivity index (χ0) is 17.4. The number of aryl methyl sites for hydroxylation is 2. The van der Waals surface area contributed by atoms with Gasteiger partial charge in [-0.15, -0.1) is 10.2 Å². The molecule has 6 nitrogen and oxygen atoms in total. The van der Waals surface area contributed by atoms with Gasteiger partial charge in [-0.1, -0.05) is 22.0 Å². The van der Waals surface area contributed by atoms with E-state index in [9.17, 15) is 4.39 Å². The lowest BCUT2D eigenvalue weighted by Crippen LogP contribution is -2.38. The Kier molecular flexibility index (Phi) is 7.17. The summed E-state index contributed by atoms with van der Waals surface area (Å²) in [6.07, 6.45) is 3.14. The fourth-order valence-corrected chi connectivity index (χ4v) is 2.48. The van der Waals surface area contributed by atoms with E-state index in [-0.39, 0.29) is 5.82 Å². The van der Waals surface area contributed by atoms with Crippen LogP contribution in [0.2, 0.25) is 0 Å². The quantitative estimate of drug-likeness (QED) is 0.428. The molecular formula is C16H22BrFN6. The molecule has 24 heavy (non-hydrogen) atoms. The van der Waals surface area contributed by atoms with Crippen LogP contribution in [0.4, 0.5) is 4.39 Å². The van der Waals surface area contributed by atoms with Crippen LogP contribution in [0.1, 0.15) is 24.7 Å². The molecule has 0 amide bonds. The van der Waals surface area contributed by atoms with Crippen molar-refractivity contribution >= 4 is 21.9 Å². The van der Waals surface area contributed by atoms with Gasteiger partial charge in [0.25, 0.3) is 0 Å². The van der Waals surface area contributed by atoms with Crippen LogP contribution in [0.15, 0.2) is 34.0 Å². The molecule has 1 heterocycles. The third-order valence-electron chi connectivity index (χ3n) is 3.46. The molecule has 0 saturated heterocycles. The molecule has 0 aliphatic heterocycles. The van der Waals surface area contributed by atoms with Crippen LogP contribution in [0.5, 0.6) is 0 Å². The van der Waals surface area contributed by atoms with Gasteiger partial charge < -0.3 is 15.2 Å². The smallest absolute Gasteiger partial charge is 0.191 e. The fourth-order valence-electron chi connectivity index (χ4n) is 2.15. The zero-order valence-electron chi connectivity index (χ0n) is 13.9. The highest BCUT2D eigenvalue weighted by molar-refractivity contribution is 9.10. The Labute approximate surface area is 149 Å². The van der Waals surface area contributed by atoms with Crippen LogP contribution >= 0.6 is 15.9 Å². The number of guanidine groups is 1. The SMILES string of the molecule is CCNC(=NCc1nncn1C)NCCCc1ccc(Br)cc1F. The number of aliphatic imine (C=N–C) groups is 1. The van der Waals surface area contributed by atoms with Crippen LogP contribution in [-0.2, 0) is 20.0 Å². The second-order valence-corrected chi connectivity index (χ2v) is 6.23. The first-order valence-corrected chi connectivity index (χ1v) is 8.68. The van der Waals surface area contributed by atoms with E-state index >= 15 is 0 Å². The van der Waals surface area contributed by atoms with Crippen molar-refractivity contribution < 1.29 is 4.39 Å². The highest BCUT2D eigenvalue weighted by Crippen LogP contribution is 2.16. The normalized spacial score (nSPS) is 11.6. The number of nitrogens with zero attached hydrogens (tertiary/aromatic N) is 4. The molecule has 130 valence electrons. The van der Waals surface area contributed by atoms with E-state index in [0.717, 1.165) is 34.8 Å². The van der Waals surface area contributed by atoms with E-state index in [0.29, 0.717) is 19.5 Å². The highest BCUT2D eigenvalue weighted by atomic mass is 79.9. The number of hydrogen-bond donors (Lipinski definition) is 2. The summed E-state index contributed by atoms with van der Waals surface area (Å²) in [4.78, 5) is 4.48. The third kappa shape index (κ3) is 5.59. The molecule has 0 unspecified atom stereocenters. The molecular weight excluding hydrogens is 375 g/mol. The van der Waals surface area contributed by atoms with Gasteiger partial charge in [-0.3, -0.25) is 0 Å². The van der Waals surface area contributed by atoms with E-state index in [2.05, 4.69) is 41.8 Å². The largest absolute Gasteiger partial charge is 0.357 e. The maximum Gasteiger partial charge on any atom is 0.191 e. The average Bonchev–Trinajstić information content (AvgIpc) is 2.96. The average molecular weight is 397 g/mol. The molecule has 1 aromatic heterocycles. The molecule has 0 aliphatic carbocycles. The van der Waals surface area contributed by atoms with Crippen LogP contribution in [-0.4, -0.2) is 33.8 Å². The predicted molar refractivity (Wildman–Crippen MR) is 96.2 cm³/mol. The van der Waals surface area contributed by atoms with Gasteiger partial charge >= 0.3 is 0 Å². The molecule has 0 atom stereocenters. The minimum absolute atomic E-state index is 0.174. The second kappa shape index (κ2) is 9.36. The Balaban J connectivity index is 1.81. The summed E-state index contributed by atoms with van der Waals surface area (Å²) < 4.78 is 16.4. The Morgan fingerprint density at radius 3 is 2.88 bits per heavy atom. The van der Waals surface area contributed by atoms with Gasteiger partial charge in [-0.25, -0.2) is 9.38 Å². The van der Waals surface area contributed by atoms with Gasteiger partial charge in [0.15, 0.2) is 11.8 Å². The standard InChI is InChI=1S/C16H22BrFN6/c1-3-19-16(21-10-15-23-22-11-24(15)2)20-8-4-5-12-6-7-13(17)9-14(12)18/h6-7,9,11H,3-5,8,10H2,1-2H3,(H2,19,20,21). The van der Waals surface area contributed by atoms with Crippen LogP contribution in [0.3, 0.4) is 0 Å². The number of aromatic nitrogens is 3. The first-order valence-electron chi connectivity index (χ1n) is 7.89. The van der Waals surface area contributed by atoms with Crippen LogP contribution in [0.25, 0.3) is 0 Å². The molecule has 0 spiro atoms.